The molecule has 1 amide bonds. The second-order valence-electron chi connectivity index (χ2n) is 7.09. The SMILES string of the molecule is C#CC1=C[C@@]23CC(C1)[C@@H](O)n1c2c(c2ccccc21)CCNC3=O. The summed E-state index contributed by atoms with van der Waals surface area (Å²) in [4.78, 5) is 13.1. The van der Waals surface area contributed by atoms with Crippen LogP contribution in [-0.2, 0) is 16.6 Å². The summed E-state index contributed by atoms with van der Waals surface area (Å²) < 4.78 is 1.99. The predicted octanol–water partition coefficient (Wildman–Crippen LogP) is 2.03. The van der Waals surface area contributed by atoms with Gasteiger partial charge < -0.3 is 15.0 Å². The summed E-state index contributed by atoms with van der Waals surface area (Å²) in [6, 6.07) is 8.12. The Hall–Kier alpha value is -2.51. The maximum Gasteiger partial charge on any atom is 0.236 e. The first-order valence-electron chi connectivity index (χ1n) is 8.43. The molecule has 1 unspecified atom stereocenters. The van der Waals surface area contributed by atoms with E-state index in [9.17, 15) is 9.90 Å². The van der Waals surface area contributed by atoms with Gasteiger partial charge in [-0.25, -0.2) is 0 Å². The van der Waals surface area contributed by atoms with E-state index in [1.165, 1.54) is 0 Å². The minimum atomic E-state index is -0.755. The highest BCUT2D eigenvalue weighted by atomic mass is 16.3. The van der Waals surface area contributed by atoms with E-state index in [1.807, 2.05) is 28.8 Å². The van der Waals surface area contributed by atoms with Crippen LogP contribution in [0.25, 0.3) is 10.9 Å². The Kier molecular flexibility index (Phi) is 2.62. The van der Waals surface area contributed by atoms with Gasteiger partial charge in [0.05, 0.1) is 5.52 Å². The number of para-hydroxylation sites is 1. The van der Waals surface area contributed by atoms with Crippen LogP contribution in [-0.4, -0.2) is 22.1 Å². The fourth-order valence-corrected chi connectivity index (χ4v) is 4.94. The molecule has 4 heteroatoms. The number of carbonyl (C=O) groups excluding carboxylic acids is 1. The summed E-state index contributed by atoms with van der Waals surface area (Å²) in [6.45, 7) is 0.613. The number of aliphatic hydroxyl groups is 1. The van der Waals surface area contributed by atoms with Crippen LogP contribution >= 0.6 is 0 Å². The quantitative estimate of drug-likeness (QED) is 0.730. The van der Waals surface area contributed by atoms with Gasteiger partial charge in [-0.3, -0.25) is 4.79 Å². The number of nitrogens with one attached hydrogen (secondary N) is 1. The highest BCUT2D eigenvalue weighted by Gasteiger charge is 2.53. The molecule has 2 bridgehead atoms. The molecule has 0 saturated carbocycles. The number of rotatable bonds is 0. The molecule has 2 aromatic rings. The molecule has 1 aromatic carbocycles. The molecule has 1 aromatic heterocycles. The third kappa shape index (κ3) is 1.51. The Labute approximate surface area is 140 Å². The smallest absolute Gasteiger partial charge is 0.236 e. The average Bonchev–Trinajstić information content (AvgIpc) is 2.88. The van der Waals surface area contributed by atoms with E-state index in [1.54, 1.807) is 0 Å². The zero-order valence-electron chi connectivity index (χ0n) is 13.2. The molecular formula is C20H18N2O2. The number of allylic oxidation sites excluding steroid dienone is 1. The number of nitrogens with zero attached hydrogens (tertiary/aromatic N) is 1. The number of hydrogen-bond acceptors (Lipinski definition) is 2. The van der Waals surface area contributed by atoms with Crippen LogP contribution in [0.4, 0.5) is 0 Å². The maximum absolute atomic E-state index is 13.1. The lowest BCUT2D eigenvalue weighted by atomic mass is 9.65. The van der Waals surface area contributed by atoms with Gasteiger partial charge in [-0.1, -0.05) is 30.2 Å². The summed E-state index contributed by atoms with van der Waals surface area (Å²) in [5, 5.41) is 15.2. The van der Waals surface area contributed by atoms with E-state index in [-0.39, 0.29) is 11.8 Å². The molecule has 120 valence electrons. The third-order valence-corrected chi connectivity index (χ3v) is 5.86. The number of aliphatic hydroxyl groups excluding tert-OH is 1. The molecule has 1 aliphatic carbocycles. The molecule has 1 spiro atoms. The van der Waals surface area contributed by atoms with Gasteiger partial charge in [0.1, 0.15) is 11.6 Å². The summed E-state index contributed by atoms with van der Waals surface area (Å²) in [7, 11) is 0. The molecular weight excluding hydrogens is 300 g/mol. The monoisotopic (exact) mass is 318 g/mol. The van der Waals surface area contributed by atoms with Gasteiger partial charge in [0.2, 0.25) is 5.91 Å². The molecule has 0 fully saturated rings. The zero-order chi connectivity index (χ0) is 16.5. The van der Waals surface area contributed by atoms with Crippen molar-refractivity contribution in [3.05, 3.63) is 47.2 Å². The van der Waals surface area contributed by atoms with Crippen molar-refractivity contribution >= 4 is 16.8 Å². The molecule has 3 atom stereocenters. The summed E-state index contributed by atoms with van der Waals surface area (Å²) in [6.07, 6.45) is 9.03. The number of hydrogen-bond donors (Lipinski definition) is 2. The van der Waals surface area contributed by atoms with Crippen LogP contribution < -0.4 is 5.32 Å². The van der Waals surface area contributed by atoms with Gasteiger partial charge in [0.15, 0.2) is 0 Å². The zero-order valence-corrected chi connectivity index (χ0v) is 13.2. The first kappa shape index (κ1) is 13.9. The van der Waals surface area contributed by atoms with Crippen molar-refractivity contribution in [1.29, 1.82) is 0 Å². The first-order chi connectivity index (χ1) is 11.7. The van der Waals surface area contributed by atoms with Crippen LogP contribution in [0.15, 0.2) is 35.9 Å². The number of aromatic nitrogens is 1. The molecule has 3 heterocycles. The van der Waals surface area contributed by atoms with E-state index in [2.05, 4.69) is 17.3 Å². The highest BCUT2D eigenvalue weighted by Crippen LogP contribution is 2.53. The van der Waals surface area contributed by atoms with Crippen molar-refractivity contribution in [3.8, 4) is 12.3 Å². The van der Waals surface area contributed by atoms with Crippen molar-refractivity contribution < 1.29 is 9.90 Å². The predicted molar refractivity (Wildman–Crippen MR) is 91.2 cm³/mol. The molecule has 0 saturated heterocycles. The average molecular weight is 318 g/mol. The standard InChI is InChI=1S/C20H18N2O2/c1-2-12-9-13-11-20(10-12)17-15(7-8-21-19(20)24)14-5-3-4-6-16(14)22(17)18(13)23/h1,3-6,10,13,18,23H,7-9,11H2,(H,21,24)/t13?,18-,20-/m1/s1. The first-order valence-corrected chi connectivity index (χ1v) is 8.43. The lowest BCUT2D eigenvalue weighted by Gasteiger charge is -2.45. The fraction of sp³-hybridized carbons (Fsp3) is 0.350. The Morgan fingerprint density at radius 2 is 2.21 bits per heavy atom. The van der Waals surface area contributed by atoms with Crippen molar-refractivity contribution in [1.82, 2.24) is 9.88 Å². The van der Waals surface area contributed by atoms with Crippen molar-refractivity contribution in [3.63, 3.8) is 0 Å². The largest absolute Gasteiger partial charge is 0.373 e. The Bertz CT molecular complexity index is 962. The van der Waals surface area contributed by atoms with Crippen molar-refractivity contribution in [2.24, 2.45) is 5.92 Å². The van der Waals surface area contributed by atoms with Crippen LogP contribution in [0.1, 0.15) is 30.3 Å². The second-order valence-corrected chi connectivity index (χ2v) is 7.09. The van der Waals surface area contributed by atoms with Crippen LogP contribution in [0.2, 0.25) is 0 Å². The fourth-order valence-electron chi connectivity index (χ4n) is 4.94. The van der Waals surface area contributed by atoms with Gasteiger partial charge >= 0.3 is 0 Å². The van der Waals surface area contributed by atoms with Gasteiger partial charge in [0, 0.05) is 23.5 Å². The molecule has 5 rings (SSSR count). The normalized spacial score (nSPS) is 30.8. The molecule has 0 radical (unpaired) electrons. The van der Waals surface area contributed by atoms with Gasteiger partial charge in [-0.2, -0.15) is 0 Å². The third-order valence-electron chi connectivity index (χ3n) is 5.86. The van der Waals surface area contributed by atoms with Crippen LogP contribution in [0, 0.1) is 18.3 Å². The number of benzene rings is 1. The maximum atomic E-state index is 13.1. The molecule has 2 N–H and O–H groups in total. The van der Waals surface area contributed by atoms with Crippen LogP contribution in [0.5, 0.6) is 0 Å². The Balaban J connectivity index is 1.96. The van der Waals surface area contributed by atoms with E-state index in [0.717, 1.165) is 34.2 Å². The number of carbonyl (C=O) groups is 1. The van der Waals surface area contributed by atoms with Crippen LogP contribution in [0.3, 0.4) is 0 Å². The molecule has 2 aliphatic heterocycles. The lowest BCUT2D eigenvalue weighted by molar-refractivity contribution is -0.128. The minimum Gasteiger partial charge on any atom is -0.373 e. The van der Waals surface area contributed by atoms with E-state index >= 15 is 0 Å². The van der Waals surface area contributed by atoms with E-state index in [0.29, 0.717) is 19.4 Å². The summed E-state index contributed by atoms with van der Waals surface area (Å²) in [5.41, 5.74) is 3.18. The summed E-state index contributed by atoms with van der Waals surface area (Å²) >= 11 is 0. The van der Waals surface area contributed by atoms with Gasteiger partial charge in [-0.05, 0) is 36.5 Å². The lowest BCUT2D eigenvalue weighted by Crippen LogP contribution is -2.51. The van der Waals surface area contributed by atoms with Gasteiger partial charge in [0.25, 0.3) is 0 Å². The highest BCUT2D eigenvalue weighted by molar-refractivity contribution is 5.96. The minimum absolute atomic E-state index is 0.00894. The number of amides is 1. The van der Waals surface area contributed by atoms with Crippen molar-refractivity contribution in [2.75, 3.05) is 6.54 Å². The number of terminal acetylenes is 1. The molecule has 4 nitrogen and oxygen atoms in total. The van der Waals surface area contributed by atoms with Crippen molar-refractivity contribution in [2.45, 2.75) is 30.9 Å². The van der Waals surface area contributed by atoms with E-state index in [4.69, 9.17) is 6.42 Å². The summed E-state index contributed by atoms with van der Waals surface area (Å²) in [5.74, 6) is 2.69. The molecule has 3 aliphatic rings. The molecule has 24 heavy (non-hydrogen) atoms. The van der Waals surface area contributed by atoms with Gasteiger partial charge in [-0.15, -0.1) is 6.42 Å². The van der Waals surface area contributed by atoms with E-state index < -0.39 is 11.6 Å². The topological polar surface area (TPSA) is 54.3 Å². The number of fused-ring (bicyclic) bond motifs is 4. The Morgan fingerprint density at radius 1 is 1.38 bits per heavy atom. The Morgan fingerprint density at radius 3 is 3.04 bits per heavy atom. The second kappa shape index (κ2) is 4.52.